The van der Waals surface area contributed by atoms with E-state index in [4.69, 9.17) is 5.73 Å². The number of carbonyl (C=O) groups is 1. The first-order valence-electron chi connectivity index (χ1n) is 5.96. The van der Waals surface area contributed by atoms with Gasteiger partial charge in [-0.1, -0.05) is 6.08 Å². The number of halogens is 2. The third kappa shape index (κ3) is 3.61. The quantitative estimate of drug-likeness (QED) is 0.833. The number of rotatable bonds is 5. The van der Waals surface area contributed by atoms with Crippen molar-refractivity contribution < 1.29 is 13.6 Å². The van der Waals surface area contributed by atoms with Crippen LogP contribution in [0.3, 0.4) is 0 Å². The molecular formula is C14H18F2N2O. The Labute approximate surface area is 111 Å². The summed E-state index contributed by atoms with van der Waals surface area (Å²) in [6.07, 6.45) is 1.88. The van der Waals surface area contributed by atoms with Gasteiger partial charge in [-0.3, -0.25) is 4.79 Å². The number of hydrogen-bond acceptors (Lipinski definition) is 2. The van der Waals surface area contributed by atoms with Gasteiger partial charge in [0.2, 0.25) is 5.91 Å². The van der Waals surface area contributed by atoms with Gasteiger partial charge in [-0.05, 0) is 31.5 Å². The molecule has 1 aromatic rings. The van der Waals surface area contributed by atoms with E-state index in [2.05, 4.69) is 6.58 Å². The molecule has 104 valence electrons. The fourth-order valence-corrected chi connectivity index (χ4v) is 1.78. The first-order chi connectivity index (χ1) is 8.88. The molecule has 2 N–H and O–H groups in total. The van der Waals surface area contributed by atoms with Crippen molar-refractivity contribution in [3.05, 3.63) is 48.1 Å². The number of hydrogen-bond donors (Lipinski definition) is 1. The van der Waals surface area contributed by atoms with E-state index >= 15 is 0 Å². The largest absolute Gasteiger partial charge is 0.338 e. The van der Waals surface area contributed by atoms with E-state index in [1.165, 1.54) is 11.9 Å². The molecule has 5 heteroatoms. The minimum absolute atomic E-state index is 0.127. The molecule has 1 rings (SSSR count). The van der Waals surface area contributed by atoms with E-state index in [0.29, 0.717) is 6.42 Å². The van der Waals surface area contributed by atoms with Crippen molar-refractivity contribution in [3.8, 4) is 0 Å². The van der Waals surface area contributed by atoms with Crippen LogP contribution in [-0.2, 0) is 4.79 Å². The first kappa shape index (κ1) is 15.3. The van der Waals surface area contributed by atoms with Gasteiger partial charge < -0.3 is 10.6 Å². The lowest BCUT2D eigenvalue weighted by Gasteiger charge is -2.28. The fraction of sp³-hybridized carbons (Fsp3) is 0.357. The summed E-state index contributed by atoms with van der Waals surface area (Å²) < 4.78 is 26.8. The molecule has 0 bridgehead atoms. The molecule has 0 saturated carbocycles. The summed E-state index contributed by atoms with van der Waals surface area (Å²) in [7, 11) is 1.51. The summed E-state index contributed by atoms with van der Waals surface area (Å²) in [6, 6.07) is 1.85. The van der Waals surface area contributed by atoms with Gasteiger partial charge in [0.1, 0.15) is 11.6 Å². The lowest BCUT2D eigenvalue weighted by molar-refractivity contribution is -0.133. The summed E-state index contributed by atoms with van der Waals surface area (Å²) in [5, 5.41) is 0. The van der Waals surface area contributed by atoms with Crippen molar-refractivity contribution in [2.24, 2.45) is 5.73 Å². The Hall–Kier alpha value is -1.75. The second-order valence-electron chi connectivity index (χ2n) is 4.42. The zero-order valence-electron chi connectivity index (χ0n) is 11.1. The first-order valence-corrected chi connectivity index (χ1v) is 5.96. The van der Waals surface area contributed by atoms with Crippen LogP contribution in [0.1, 0.15) is 24.9 Å². The van der Waals surface area contributed by atoms with Crippen LogP contribution in [0.15, 0.2) is 30.9 Å². The highest BCUT2D eigenvalue weighted by atomic mass is 19.1. The number of benzene rings is 1. The Balaban J connectivity index is 2.92. The molecule has 1 amide bonds. The van der Waals surface area contributed by atoms with Gasteiger partial charge in [0.25, 0.3) is 0 Å². The van der Waals surface area contributed by atoms with Crippen LogP contribution >= 0.6 is 0 Å². The minimum atomic E-state index is -0.721. The second kappa shape index (κ2) is 6.43. The van der Waals surface area contributed by atoms with Gasteiger partial charge in [-0.15, -0.1) is 6.58 Å². The number of carbonyl (C=O) groups excluding carboxylic acids is 1. The highest BCUT2D eigenvalue weighted by Crippen LogP contribution is 2.23. The average molecular weight is 268 g/mol. The maximum Gasteiger partial charge on any atom is 0.240 e. The molecule has 0 fully saturated rings. The third-order valence-corrected chi connectivity index (χ3v) is 3.07. The molecular weight excluding hydrogens is 250 g/mol. The third-order valence-electron chi connectivity index (χ3n) is 3.07. The van der Waals surface area contributed by atoms with Gasteiger partial charge in [0.15, 0.2) is 0 Å². The van der Waals surface area contributed by atoms with Gasteiger partial charge in [0, 0.05) is 12.6 Å². The highest BCUT2D eigenvalue weighted by Gasteiger charge is 2.24. The molecule has 0 aliphatic carbocycles. The van der Waals surface area contributed by atoms with Crippen LogP contribution in [0.4, 0.5) is 8.78 Å². The molecule has 0 saturated heterocycles. The predicted molar refractivity (Wildman–Crippen MR) is 70.3 cm³/mol. The topological polar surface area (TPSA) is 46.3 Å². The van der Waals surface area contributed by atoms with E-state index in [1.54, 1.807) is 13.0 Å². The summed E-state index contributed by atoms with van der Waals surface area (Å²) in [6.45, 7) is 5.13. The van der Waals surface area contributed by atoms with Crippen molar-refractivity contribution in [1.82, 2.24) is 4.90 Å². The maximum absolute atomic E-state index is 13.6. The Morgan fingerprint density at radius 2 is 2.16 bits per heavy atom. The molecule has 19 heavy (non-hydrogen) atoms. The van der Waals surface area contributed by atoms with E-state index in [0.717, 1.165) is 18.2 Å². The lowest BCUT2D eigenvalue weighted by atomic mass is 10.0. The van der Waals surface area contributed by atoms with Crippen LogP contribution in [0.5, 0.6) is 0 Å². The standard InChI is InChI=1S/C14H18F2N2O/c1-4-5-13(17)14(19)18(3)9(2)11-8-10(15)6-7-12(11)16/h4,6-9,13H,1,5,17H2,2-3H3. The van der Waals surface area contributed by atoms with Gasteiger partial charge in [-0.25, -0.2) is 8.78 Å². The van der Waals surface area contributed by atoms with E-state index < -0.39 is 23.7 Å². The normalized spacial score (nSPS) is 13.7. The number of nitrogens with zero attached hydrogens (tertiary/aromatic N) is 1. The summed E-state index contributed by atoms with van der Waals surface area (Å²) in [5.41, 5.74) is 5.81. The number of amides is 1. The van der Waals surface area contributed by atoms with Crippen LogP contribution in [0.25, 0.3) is 0 Å². The SMILES string of the molecule is C=CCC(N)C(=O)N(C)C(C)c1cc(F)ccc1F. The zero-order valence-corrected chi connectivity index (χ0v) is 11.1. The maximum atomic E-state index is 13.6. The highest BCUT2D eigenvalue weighted by molar-refractivity contribution is 5.82. The smallest absolute Gasteiger partial charge is 0.240 e. The van der Waals surface area contributed by atoms with Crippen molar-refractivity contribution >= 4 is 5.91 Å². The Kier molecular flexibility index (Phi) is 5.18. The molecule has 3 nitrogen and oxygen atoms in total. The van der Waals surface area contributed by atoms with Gasteiger partial charge in [0.05, 0.1) is 12.1 Å². The van der Waals surface area contributed by atoms with Crippen LogP contribution in [0, 0.1) is 11.6 Å². The molecule has 0 aromatic heterocycles. The van der Waals surface area contributed by atoms with Gasteiger partial charge in [-0.2, -0.15) is 0 Å². The zero-order chi connectivity index (χ0) is 14.6. The molecule has 0 aliphatic heterocycles. The fourth-order valence-electron chi connectivity index (χ4n) is 1.78. The van der Waals surface area contributed by atoms with Crippen molar-refractivity contribution in [1.29, 1.82) is 0 Å². The van der Waals surface area contributed by atoms with Crippen molar-refractivity contribution in [2.75, 3.05) is 7.05 Å². The molecule has 2 atom stereocenters. The monoisotopic (exact) mass is 268 g/mol. The summed E-state index contributed by atoms with van der Waals surface area (Å²) in [4.78, 5) is 13.3. The molecule has 0 heterocycles. The van der Waals surface area contributed by atoms with E-state index in [9.17, 15) is 13.6 Å². The Bertz CT molecular complexity index is 477. The molecule has 0 aliphatic rings. The Morgan fingerprint density at radius 3 is 2.74 bits per heavy atom. The molecule has 0 spiro atoms. The van der Waals surface area contributed by atoms with Crippen LogP contribution < -0.4 is 5.73 Å². The summed E-state index contributed by atoms with van der Waals surface area (Å²) >= 11 is 0. The van der Waals surface area contributed by atoms with E-state index in [-0.39, 0.29) is 11.5 Å². The van der Waals surface area contributed by atoms with E-state index in [1.807, 2.05) is 0 Å². The predicted octanol–water partition coefficient (Wildman–Crippen LogP) is 2.39. The minimum Gasteiger partial charge on any atom is -0.338 e. The molecule has 1 aromatic carbocycles. The van der Waals surface area contributed by atoms with Crippen molar-refractivity contribution in [3.63, 3.8) is 0 Å². The van der Waals surface area contributed by atoms with Crippen molar-refractivity contribution in [2.45, 2.75) is 25.4 Å². The average Bonchev–Trinajstić information content (AvgIpc) is 2.39. The lowest BCUT2D eigenvalue weighted by Crippen LogP contribution is -2.42. The molecule has 2 unspecified atom stereocenters. The number of likely N-dealkylation sites (N-methyl/N-ethyl adjacent to an activating group) is 1. The molecule has 0 radical (unpaired) electrons. The van der Waals surface area contributed by atoms with Crippen LogP contribution in [0.2, 0.25) is 0 Å². The van der Waals surface area contributed by atoms with Gasteiger partial charge >= 0.3 is 0 Å². The van der Waals surface area contributed by atoms with Crippen LogP contribution in [-0.4, -0.2) is 23.9 Å². The Morgan fingerprint density at radius 1 is 1.53 bits per heavy atom. The summed E-state index contributed by atoms with van der Waals surface area (Å²) in [5.74, 6) is -1.43. The second-order valence-corrected chi connectivity index (χ2v) is 4.42. The number of nitrogens with two attached hydrogens (primary N) is 1.